The van der Waals surface area contributed by atoms with Crippen molar-refractivity contribution >= 4 is 21.6 Å². The molecule has 3 heterocycles. The molecule has 4 aromatic rings. The first-order valence-corrected chi connectivity index (χ1v) is 13.1. The summed E-state index contributed by atoms with van der Waals surface area (Å²) >= 11 is 1.92. The Labute approximate surface area is 202 Å². The minimum atomic E-state index is 0.511. The van der Waals surface area contributed by atoms with Crippen LogP contribution in [0.3, 0.4) is 0 Å². The topological polar surface area (TPSA) is 16.1 Å². The molecule has 1 aliphatic rings. The summed E-state index contributed by atoms with van der Waals surface area (Å²) in [6, 6.07) is 20.0. The lowest BCUT2D eigenvalue weighted by Gasteiger charge is -2.27. The van der Waals surface area contributed by atoms with Gasteiger partial charge < -0.3 is 0 Å². The van der Waals surface area contributed by atoms with Crippen molar-refractivity contribution in [3.05, 3.63) is 87.4 Å². The van der Waals surface area contributed by atoms with Gasteiger partial charge >= 0.3 is 0 Å². The van der Waals surface area contributed by atoms with Gasteiger partial charge in [-0.25, -0.2) is 4.98 Å². The fraction of sp³-hybridized carbons (Fsp3) is 0.367. The summed E-state index contributed by atoms with van der Waals surface area (Å²) in [5, 5.41) is 1.43. The maximum absolute atomic E-state index is 5.20. The van der Waals surface area contributed by atoms with Crippen molar-refractivity contribution < 1.29 is 0 Å². The zero-order valence-corrected chi connectivity index (χ0v) is 21.1. The predicted octanol–water partition coefficient (Wildman–Crippen LogP) is 8.04. The Morgan fingerprint density at radius 1 is 1.03 bits per heavy atom. The number of nitrogens with zero attached hydrogens (tertiary/aromatic N) is 2. The minimum absolute atomic E-state index is 0.511. The third-order valence-corrected chi connectivity index (χ3v) is 8.21. The van der Waals surface area contributed by atoms with Crippen molar-refractivity contribution in [2.75, 3.05) is 6.54 Å². The van der Waals surface area contributed by atoms with Gasteiger partial charge in [-0.3, -0.25) is 4.90 Å². The lowest BCUT2D eigenvalue weighted by molar-refractivity contribution is 0.249. The number of hydrogen-bond donors (Lipinski definition) is 0. The normalized spacial score (nSPS) is 15.0. The second kappa shape index (κ2) is 9.40. The molecule has 0 saturated heterocycles. The van der Waals surface area contributed by atoms with E-state index in [9.17, 15) is 0 Å². The molecule has 1 aliphatic heterocycles. The van der Waals surface area contributed by atoms with Crippen molar-refractivity contribution in [1.82, 2.24) is 9.88 Å². The first-order valence-electron chi connectivity index (χ1n) is 12.3. The molecule has 1 unspecified atom stereocenters. The quantitative estimate of drug-likeness (QED) is 0.293. The first kappa shape index (κ1) is 22.3. The largest absolute Gasteiger partial charge is 0.294 e. The van der Waals surface area contributed by atoms with Gasteiger partial charge in [0.1, 0.15) is 4.83 Å². The maximum atomic E-state index is 5.20. The van der Waals surface area contributed by atoms with Crippen LogP contribution < -0.4 is 0 Å². The summed E-state index contributed by atoms with van der Waals surface area (Å²) in [5.41, 5.74) is 9.72. The van der Waals surface area contributed by atoms with E-state index in [0.29, 0.717) is 5.92 Å². The van der Waals surface area contributed by atoms with Crippen LogP contribution in [-0.4, -0.2) is 16.4 Å². The second-order valence-electron chi connectivity index (χ2n) is 9.67. The van der Waals surface area contributed by atoms with Gasteiger partial charge in [-0.1, -0.05) is 80.4 Å². The molecule has 0 bridgehead atoms. The third-order valence-electron chi connectivity index (χ3n) is 7.10. The fourth-order valence-electron chi connectivity index (χ4n) is 5.48. The van der Waals surface area contributed by atoms with E-state index in [4.69, 9.17) is 4.98 Å². The average Bonchev–Trinajstić information content (AvgIpc) is 3.16. The van der Waals surface area contributed by atoms with E-state index in [0.717, 1.165) is 26.1 Å². The van der Waals surface area contributed by atoms with Gasteiger partial charge in [0, 0.05) is 35.6 Å². The van der Waals surface area contributed by atoms with Gasteiger partial charge in [0.2, 0.25) is 0 Å². The van der Waals surface area contributed by atoms with Gasteiger partial charge in [-0.05, 0) is 60.4 Å². The van der Waals surface area contributed by atoms with Crippen LogP contribution in [0, 0.1) is 13.8 Å². The summed E-state index contributed by atoms with van der Waals surface area (Å²) < 4.78 is 0. The molecule has 170 valence electrons. The van der Waals surface area contributed by atoms with Gasteiger partial charge in [0.15, 0.2) is 0 Å². The maximum Gasteiger partial charge on any atom is 0.124 e. The Balaban J connectivity index is 1.63. The molecular weight excluding hydrogens is 420 g/mol. The summed E-state index contributed by atoms with van der Waals surface area (Å²) in [7, 11) is 0. The molecule has 0 spiro atoms. The predicted molar refractivity (Wildman–Crippen MR) is 142 cm³/mol. The molecule has 2 nitrogen and oxygen atoms in total. The van der Waals surface area contributed by atoms with Gasteiger partial charge in [0.25, 0.3) is 0 Å². The Hall–Kier alpha value is -2.49. The molecular formula is C30H34N2S. The Bertz CT molecular complexity index is 1250. The number of fused-ring (bicyclic) bond motifs is 3. The van der Waals surface area contributed by atoms with Crippen LogP contribution in [0.2, 0.25) is 0 Å². The van der Waals surface area contributed by atoms with Crippen LogP contribution in [0.15, 0.2) is 54.6 Å². The van der Waals surface area contributed by atoms with E-state index in [1.807, 2.05) is 11.3 Å². The van der Waals surface area contributed by atoms with E-state index in [1.54, 1.807) is 5.56 Å². The molecule has 0 radical (unpaired) electrons. The number of rotatable bonds is 6. The minimum Gasteiger partial charge on any atom is -0.294 e. The van der Waals surface area contributed by atoms with Crippen LogP contribution in [0.5, 0.6) is 0 Å². The van der Waals surface area contributed by atoms with Crippen LogP contribution in [-0.2, 0) is 19.5 Å². The van der Waals surface area contributed by atoms with E-state index < -0.39 is 0 Å². The molecule has 2 aromatic carbocycles. The molecule has 3 heteroatoms. The third kappa shape index (κ3) is 4.37. The van der Waals surface area contributed by atoms with E-state index >= 15 is 0 Å². The number of benzene rings is 2. The van der Waals surface area contributed by atoms with Crippen molar-refractivity contribution in [3.63, 3.8) is 0 Å². The van der Waals surface area contributed by atoms with Crippen LogP contribution in [0.1, 0.15) is 65.4 Å². The van der Waals surface area contributed by atoms with E-state index in [2.05, 4.69) is 87.2 Å². The Morgan fingerprint density at radius 2 is 1.79 bits per heavy atom. The van der Waals surface area contributed by atoms with Crippen molar-refractivity contribution in [1.29, 1.82) is 0 Å². The van der Waals surface area contributed by atoms with Gasteiger partial charge in [0.05, 0.1) is 0 Å². The highest BCUT2D eigenvalue weighted by atomic mass is 32.1. The number of aromatic nitrogens is 1. The summed E-state index contributed by atoms with van der Waals surface area (Å²) in [5.74, 6) is 0.511. The zero-order valence-electron chi connectivity index (χ0n) is 20.3. The van der Waals surface area contributed by atoms with Crippen molar-refractivity contribution in [3.8, 4) is 11.1 Å². The Kier molecular flexibility index (Phi) is 6.36. The SMILES string of the molecule is CCCC(C)c1c(C)nc2sc3c(c2c1-c1ccc(C)cc1)CCN(Cc1ccccc1)C3. The highest BCUT2D eigenvalue weighted by Crippen LogP contribution is 2.45. The summed E-state index contributed by atoms with van der Waals surface area (Å²) in [4.78, 5) is 10.5. The lowest BCUT2D eigenvalue weighted by atomic mass is 9.85. The first-order chi connectivity index (χ1) is 16.0. The summed E-state index contributed by atoms with van der Waals surface area (Å²) in [6.45, 7) is 12.2. The average molecular weight is 455 g/mol. The fourth-order valence-corrected chi connectivity index (χ4v) is 6.80. The van der Waals surface area contributed by atoms with Crippen LogP contribution >= 0.6 is 11.3 Å². The zero-order chi connectivity index (χ0) is 22.9. The van der Waals surface area contributed by atoms with Crippen LogP contribution in [0.25, 0.3) is 21.3 Å². The standard InChI is InChI=1S/C30H34N2S/c1-5-9-21(3)27-22(4)31-30-29(28(27)24-14-12-20(2)13-15-24)25-16-17-32(19-26(25)33-30)18-23-10-7-6-8-11-23/h6-8,10-15,21H,5,9,16-19H2,1-4H3. The smallest absolute Gasteiger partial charge is 0.124 e. The molecule has 0 fully saturated rings. The molecule has 0 N–H and O–H groups in total. The Morgan fingerprint density at radius 3 is 2.52 bits per heavy atom. The number of pyridine rings is 1. The molecule has 0 aliphatic carbocycles. The van der Waals surface area contributed by atoms with E-state index in [1.165, 1.54) is 61.4 Å². The van der Waals surface area contributed by atoms with Crippen molar-refractivity contribution in [2.45, 2.75) is 66.0 Å². The highest BCUT2D eigenvalue weighted by Gasteiger charge is 2.27. The van der Waals surface area contributed by atoms with Crippen molar-refractivity contribution in [2.24, 2.45) is 0 Å². The van der Waals surface area contributed by atoms with Crippen LogP contribution in [0.4, 0.5) is 0 Å². The highest BCUT2D eigenvalue weighted by molar-refractivity contribution is 7.19. The van der Waals surface area contributed by atoms with Gasteiger partial charge in [-0.15, -0.1) is 11.3 Å². The van der Waals surface area contributed by atoms with E-state index in [-0.39, 0.29) is 0 Å². The number of aryl methyl sites for hydroxylation is 2. The molecule has 5 rings (SSSR count). The number of thiophene rings is 1. The molecule has 2 aromatic heterocycles. The number of hydrogen-bond acceptors (Lipinski definition) is 3. The molecule has 1 atom stereocenters. The monoisotopic (exact) mass is 454 g/mol. The van der Waals surface area contributed by atoms with Gasteiger partial charge in [-0.2, -0.15) is 0 Å². The molecule has 0 amide bonds. The lowest BCUT2D eigenvalue weighted by Crippen LogP contribution is -2.29. The molecule has 33 heavy (non-hydrogen) atoms. The summed E-state index contributed by atoms with van der Waals surface area (Å²) in [6.07, 6.45) is 3.50. The molecule has 0 saturated carbocycles. The second-order valence-corrected chi connectivity index (χ2v) is 10.8.